The van der Waals surface area contributed by atoms with E-state index in [9.17, 15) is 4.79 Å². The Morgan fingerprint density at radius 3 is 2.43 bits per heavy atom. The van der Waals surface area contributed by atoms with E-state index in [0.717, 1.165) is 22.6 Å². The lowest BCUT2D eigenvalue weighted by atomic mass is 10.0. The molecule has 3 heteroatoms. The molecule has 1 aliphatic heterocycles. The first-order valence-corrected chi connectivity index (χ1v) is 7.19. The Morgan fingerprint density at radius 2 is 1.81 bits per heavy atom. The van der Waals surface area contributed by atoms with Crippen LogP contribution in [0.4, 0.5) is 5.69 Å². The fourth-order valence-electron chi connectivity index (χ4n) is 2.65. The third kappa shape index (κ3) is 2.40. The van der Waals surface area contributed by atoms with Crippen molar-refractivity contribution in [3.63, 3.8) is 0 Å². The molecule has 0 atom stereocenters. The maximum absolute atomic E-state index is 12.6. The number of ether oxygens (including phenoxy) is 1. The number of benzene rings is 2. The Morgan fingerprint density at radius 1 is 1.10 bits per heavy atom. The molecule has 108 valence electrons. The summed E-state index contributed by atoms with van der Waals surface area (Å²) in [6.45, 7) is 4.95. The quantitative estimate of drug-likeness (QED) is 0.851. The zero-order chi connectivity index (χ0) is 15.0. The Balaban J connectivity index is 1.90. The van der Waals surface area contributed by atoms with E-state index >= 15 is 0 Å². The fraction of sp³-hybridized carbons (Fsp3) is 0.278. The summed E-state index contributed by atoms with van der Waals surface area (Å²) < 4.78 is 5.20. The maximum Gasteiger partial charge on any atom is 0.259 e. The van der Waals surface area contributed by atoms with E-state index < -0.39 is 0 Å². The highest BCUT2D eigenvalue weighted by atomic mass is 16.5. The smallest absolute Gasteiger partial charge is 0.259 e. The number of rotatable bonds is 3. The molecule has 0 saturated heterocycles. The second kappa shape index (κ2) is 5.24. The van der Waals surface area contributed by atoms with Crippen LogP contribution in [0.3, 0.4) is 0 Å². The van der Waals surface area contributed by atoms with Crippen LogP contribution in [-0.2, 0) is 6.54 Å². The third-order valence-electron chi connectivity index (χ3n) is 3.99. The van der Waals surface area contributed by atoms with Gasteiger partial charge in [-0.2, -0.15) is 0 Å². The zero-order valence-corrected chi connectivity index (χ0v) is 12.6. The molecule has 0 unspecified atom stereocenters. The van der Waals surface area contributed by atoms with Gasteiger partial charge in [0.15, 0.2) is 0 Å². The molecule has 3 nitrogen and oxygen atoms in total. The van der Waals surface area contributed by atoms with Crippen LogP contribution in [0.5, 0.6) is 5.75 Å². The highest BCUT2D eigenvalue weighted by Crippen LogP contribution is 2.31. The Hall–Kier alpha value is -2.29. The van der Waals surface area contributed by atoms with Crippen molar-refractivity contribution >= 4 is 11.6 Å². The Labute approximate surface area is 125 Å². The predicted octanol–water partition coefficient (Wildman–Crippen LogP) is 3.98. The van der Waals surface area contributed by atoms with Crippen LogP contribution < -0.4 is 9.64 Å². The summed E-state index contributed by atoms with van der Waals surface area (Å²) in [6.07, 6.45) is 0. The van der Waals surface area contributed by atoms with Crippen LogP contribution in [0.2, 0.25) is 0 Å². The number of hydrogen-bond donors (Lipinski definition) is 0. The lowest BCUT2D eigenvalue weighted by Crippen LogP contribution is -2.22. The summed E-state index contributed by atoms with van der Waals surface area (Å²) in [5, 5.41) is 0. The first-order chi connectivity index (χ1) is 10.1. The van der Waals surface area contributed by atoms with E-state index in [1.807, 2.05) is 35.2 Å². The molecule has 0 aromatic heterocycles. The van der Waals surface area contributed by atoms with Gasteiger partial charge in [-0.3, -0.25) is 4.79 Å². The van der Waals surface area contributed by atoms with Gasteiger partial charge < -0.3 is 9.64 Å². The van der Waals surface area contributed by atoms with Gasteiger partial charge in [-0.15, -0.1) is 0 Å². The molecule has 0 spiro atoms. The number of nitrogens with zero attached hydrogens (tertiary/aromatic N) is 1. The van der Waals surface area contributed by atoms with Crippen LogP contribution in [0.15, 0.2) is 42.5 Å². The summed E-state index contributed by atoms with van der Waals surface area (Å²) >= 11 is 0. The molecule has 21 heavy (non-hydrogen) atoms. The predicted molar refractivity (Wildman–Crippen MR) is 84.0 cm³/mol. The van der Waals surface area contributed by atoms with E-state index in [2.05, 4.69) is 26.0 Å². The molecule has 0 aliphatic carbocycles. The maximum atomic E-state index is 12.6. The fourth-order valence-corrected chi connectivity index (χ4v) is 2.65. The molecular formula is C18H19NO2. The van der Waals surface area contributed by atoms with Gasteiger partial charge in [0.1, 0.15) is 5.75 Å². The standard InChI is InChI=1S/C18H19NO2/c1-12(2)13-4-7-15(8-5-13)19-11-14-6-9-16(21-3)10-17(14)18(19)20/h4-10,12H,11H2,1-3H3. The minimum Gasteiger partial charge on any atom is -0.497 e. The van der Waals surface area contributed by atoms with E-state index in [-0.39, 0.29) is 5.91 Å². The summed E-state index contributed by atoms with van der Waals surface area (Å²) in [6, 6.07) is 13.9. The topological polar surface area (TPSA) is 29.5 Å². The second-order valence-corrected chi connectivity index (χ2v) is 5.66. The molecule has 1 amide bonds. The largest absolute Gasteiger partial charge is 0.497 e. The van der Waals surface area contributed by atoms with Crippen LogP contribution in [0, 0.1) is 0 Å². The van der Waals surface area contributed by atoms with Crippen molar-refractivity contribution in [2.24, 2.45) is 0 Å². The first-order valence-electron chi connectivity index (χ1n) is 7.19. The lowest BCUT2D eigenvalue weighted by molar-refractivity contribution is 0.0996. The van der Waals surface area contributed by atoms with Gasteiger partial charge in [0.2, 0.25) is 0 Å². The highest BCUT2D eigenvalue weighted by Gasteiger charge is 2.28. The molecule has 1 aliphatic rings. The van der Waals surface area contributed by atoms with Crippen molar-refractivity contribution in [1.82, 2.24) is 0 Å². The molecular weight excluding hydrogens is 262 g/mol. The van der Waals surface area contributed by atoms with Gasteiger partial charge >= 0.3 is 0 Å². The summed E-state index contributed by atoms with van der Waals surface area (Å²) in [5.74, 6) is 1.26. The van der Waals surface area contributed by atoms with Crippen molar-refractivity contribution in [1.29, 1.82) is 0 Å². The van der Waals surface area contributed by atoms with Crippen LogP contribution >= 0.6 is 0 Å². The van der Waals surface area contributed by atoms with Gasteiger partial charge in [-0.05, 0) is 41.3 Å². The van der Waals surface area contributed by atoms with Gasteiger partial charge in [0.05, 0.1) is 13.7 Å². The summed E-state index contributed by atoms with van der Waals surface area (Å²) in [5.41, 5.74) is 4.01. The molecule has 0 radical (unpaired) electrons. The zero-order valence-electron chi connectivity index (χ0n) is 12.6. The molecule has 2 aromatic rings. The number of hydrogen-bond acceptors (Lipinski definition) is 2. The monoisotopic (exact) mass is 281 g/mol. The number of methoxy groups -OCH3 is 1. The molecule has 3 rings (SSSR count). The molecule has 1 heterocycles. The average molecular weight is 281 g/mol. The SMILES string of the molecule is COc1ccc2c(c1)C(=O)N(c1ccc(C(C)C)cc1)C2. The third-order valence-corrected chi connectivity index (χ3v) is 3.99. The highest BCUT2D eigenvalue weighted by molar-refractivity contribution is 6.10. The number of amides is 1. The lowest BCUT2D eigenvalue weighted by Gasteiger charge is -2.16. The van der Waals surface area contributed by atoms with E-state index in [4.69, 9.17) is 4.74 Å². The van der Waals surface area contributed by atoms with E-state index in [1.165, 1.54) is 5.56 Å². The van der Waals surface area contributed by atoms with Crippen molar-refractivity contribution in [2.75, 3.05) is 12.0 Å². The van der Waals surface area contributed by atoms with Gasteiger partial charge in [0, 0.05) is 11.3 Å². The summed E-state index contributed by atoms with van der Waals surface area (Å²) in [4.78, 5) is 14.4. The van der Waals surface area contributed by atoms with Gasteiger partial charge in [-0.1, -0.05) is 32.0 Å². The van der Waals surface area contributed by atoms with Crippen molar-refractivity contribution in [3.8, 4) is 5.75 Å². The average Bonchev–Trinajstić information content (AvgIpc) is 2.84. The van der Waals surface area contributed by atoms with Gasteiger partial charge in [-0.25, -0.2) is 0 Å². The normalized spacial score (nSPS) is 13.7. The van der Waals surface area contributed by atoms with Crippen LogP contribution in [0.25, 0.3) is 0 Å². The van der Waals surface area contributed by atoms with Crippen molar-refractivity contribution in [3.05, 3.63) is 59.2 Å². The molecule has 0 saturated carbocycles. The van der Waals surface area contributed by atoms with Gasteiger partial charge in [0.25, 0.3) is 5.91 Å². The first kappa shape index (κ1) is 13.7. The molecule has 0 fully saturated rings. The molecule has 0 bridgehead atoms. The van der Waals surface area contributed by atoms with Crippen LogP contribution in [0.1, 0.15) is 41.3 Å². The molecule has 0 N–H and O–H groups in total. The number of anilines is 1. The number of carbonyl (C=O) groups is 1. The molecule has 2 aromatic carbocycles. The Kier molecular flexibility index (Phi) is 3.42. The summed E-state index contributed by atoms with van der Waals surface area (Å²) in [7, 11) is 1.61. The van der Waals surface area contributed by atoms with E-state index in [1.54, 1.807) is 7.11 Å². The van der Waals surface area contributed by atoms with Crippen molar-refractivity contribution in [2.45, 2.75) is 26.3 Å². The minimum atomic E-state index is 0.0428. The van der Waals surface area contributed by atoms with E-state index in [0.29, 0.717) is 12.5 Å². The van der Waals surface area contributed by atoms with Crippen molar-refractivity contribution < 1.29 is 9.53 Å². The number of carbonyl (C=O) groups excluding carboxylic acids is 1. The Bertz CT molecular complexity index is 674. The second-order valence-electron chi connectivity index (χ2n) is 5.66. The van der Waals surface area contributed by atoms with Crippen LogP contribution in [-0.4, -0.2) is 13.0 Å². The minimum absolute atomic E-state index is 0.0428. The number of fused-ring (bicyclic) bond motifs is 1.